The van der Waals surface area contributed by atoms with E-state index in [1.165, 1.54) is 4.88 Å². The largest absolute Gasteiger partial charge is 0.508 e. The maximum absolute atomic E-state index is 15.2. The van der Waals surface area contributed by atoms with Crippen LogP contribution in [0.25, 0.3) is 10.6 Å². The Labute approximate surface area is 371 Å². The van der Waals surface area contributed by atoms with Crippen LogP contribution in [0.5, 0.6) is 5.75 Å². The number of ketones is 1. The van der Waals surface area contributed by atoms with Crippen LogP contribution >= 0.6 is 11.3 Å². The zero-order valence-corrected chi connectivity index (χ0v) is 38.7. The first kappa shape index (κ1) is 45.8. The number of phenolic OH excluding ortho intramolecular Hbond substituents is 1. The third-order valence-electron chi connectivity index (χ3n) is 15.0. The van der Waals surface area contributed by atoms with Crippen LogP contribution in [0.2, 0.25) is 0 Å². The molecule has 1 N–H and O–H groups in total. The van der Waals surface area contributed by atoms with Crippen molar-refractivity contribution in [1.82, 2.24) is 9.88 Å². The molecule has 17 atom stereocenters. The van der Waals surface area contributed by atoms with Gasteiger partial charge in [-0.1, -0.05) is 19.9 Å². The maximum atomic E-state index is 15.2. The van der Waals surface area contributed by atoms with E-state index in [-0.39, 0.29) is 90.3 Å². The standard InChI is InChI=1S/C48H68N2O11S/c1-10-29-12-11-13-37(61-39-19-18-36(50(5)6)25(3)57-39)24(2)42(53)34-22-32-31-20-30(60-48-45(56-9)44(55-8)43(54-7)26(4)58-48)21-35(31)46-41(40(32)33(34)23-38(52)59-29)49-47(62-46)27-14-16-28(51)17-15-27/h14-17,22,24-26,29-33,35-37,39-40,43-45,48,51H,10-13,18-21,23H2,1-9H3/t24-,25?,26?,29+,30+,31+,32+,33-,35-,36+,37+,39+,40-,43+,44?,45+,48+/m1/s1. The zero-order valence-electron chi connectivity index (χ0n) is 37.9. The van der Waals surface area contributed by atoms with E-state index in [1.807, 2.05) is 26.0 Å². The van der Waals surface area contributed by atoms with Crippen molar-refractivity contribution < 1.29 is 52.6 Å². The molecule has 2 aromatic rings. The molecule has 1 aromatic carbocycles. The minimum atomic E-state index is -0.678. The number of hydrogen-bond donors (Lipinski definition) is 1. The Morgan fingerprint density at radius 3 is 2.29 bits per heavy atom. The Morgan fingerprint density at radius 2 is 1.61 bits per heavy atom. The van der Waals surface area contributed by atoms with Gasteiger partial charge in [-0.15, -0.1) is 11.3 Å². The van der Waals surface area contributed by atoms with Gasteiger partial charge in [-0.05, 0) is 121 Å². The van der Waals surface area contributed by atoms with Crippen molar-refractivity contribution in [3.8, 4) is 16.3 Å². The molecule has 3 saturated heterocycles. The van der Waals surface area contributed by atoms with Crippen molar-refractivity contribution in [2.45, 2.75) is 165 Å². The molecule has 1 saturated carbocycles. The van der Waals surface area contributed by atoms with Gasteiger partial charge < -0.3 is 47.9 Å². The molecule has 6 aliphatic rings. The Bertz CT molecular complexity index is 1900. The smallest absolute Gasteiger partial charge is 0.306 e. The Kier molecular flexibility index (Phi) is 14.3. The predicted molar refractivity (Wildman–Crippen MR) is 233 cm³/mol. The highest BCUT2D eigenvalue weighted by atomic mass is 32.1. The number of carbonyl (C=O) groups excluding carboxylic acids is 2. The highest BCUT2D eigenvalue weighted by Gasteiger charge is 2.57. The minimum Gasteiger partial charge on any atom is -0.508 e. The fraction of sp³-hybridized carbons (Fsp3) is 0.729. The lowest BCUT2D eigenvalue weighted by Crippen LogP contribution is -2.59. The van der Waals surface area contributed by atoms with Crippen LogP contribution in [0.1, 0.15) is 108 Å². The fourth-order valence-corrected chi connectivity index (χ4v) is 13.1. The fourth-order valence-electron chi connectivity index (χ4n) is 11.8. The molecule has 342 valence electrons. The normalized spacial score (nSPS) is 40.1. The highest BCUT2D eigenvalue weighted by molar-refractivity contribution is 7.15. The first-order valence-corrected chi connectivity index (χ1v) is 23.8. The summed E-state index contributed by atoms with van der Waals surface area (Å²) in [7, 11) is 9.12. The number of nitrogens with zero attached hydrogens (tertiary/aromatic N) is 2. The van der Waals surface area contributed by atoms with Crippen molar-refractivity contribution in [1.29, 1.82) is 0 Å². The topological polar surface area (TPSA) is 144 Å². The van der Waals surface area contributed by atoms with E-state index in [4.69, 9.17) is 42.9 Å². The van der Waals surface area contributed by atoms with Gasteiger partial charge in [-0.2, -0.15) is 0 Å². The number of methoxy groups -OCH3 is 3. The molecule has 3 aliphatic carbocycles. The van der Waals surface area contributed by atoms with Gasteiger partial charge in [0.25, 0.3) is 0 Å². The van der Waals surface area contributed by atoms with Crippen molar-refractivity contribution >= 4 is 23.1 Å². The zero-order chi connectivity index (χ0) is 44.0. The van der Waals surface area contributed by atoms with Crippen molar-refractivity contribution in [3.05, 3.63) is 46.5 Å². The molecule has 14 heteroatoms. The number of carbonyl (C=O) groups is 2. The van der Waals surface area contributed by atoms with E-state index >= 15 is 4.79 Å². The molecule has 3 aliphatic heterocycles. The van der Waals surface area contributed by atoms with E-state index in [1.54, 1.807) is 44.8 Å². The summed E-state index contributed by atoms with van der Waals surface area (Å²) in [5, 5.41) is 11.0. The van der Waals surface area contributed by atoms with Crippen LogP contribution in [-0.4, -0.2) is 130 Å². The number of hydrogen-bond acceptors (Lipinski definition) is 14. The van der Waals surface area contributed by atoms with Gasteiger partial charge >= 0.3 is 5.97 Å². The third-order valence-corrected chi connectivity index (χ3v) is 16.3. The second kappa shape index (κ2) is 19.4. The summed E-state index contributed by atoms with van der Waals surface area (Å²) in [6.45, 7) is 8.13. The molecule has 0 spiro atoms. The molecule has 8 rings (SSSR count). The molecular weight excluding hydrogens is 813 g/mol. The SMILES string of the molecule is CC[C@H]1CCC[C@H](O[C@H]2CC[C@H](N(C)C)C(C)O2)[C@@H](C)C(=O)C2=C[C@H]3[C@@H]4C[C@H](O[C@@H]5OC(C)[C@H](OC)C(OC)[C@@H]5OC)C[C@H]4c4sc(-c5ccc(O)cc5)nc4[C@H]3[C@@H]2CC(=O)O1. The molecule has 62 heavy (non-hydrogen) atoms. The second-order valence-corrected chi connectivity index (χ2v) is 19.8. The van der Waals surface area contributed by atoms with Gasteiger partial charge in [0.2, 0.25) is 0 Å². The molecule has 1 aromatic heterocycles. The summed E-state index contributed by atoms with van der Waals surface area (Å²) < 4.78 is 50.5. The minimum absolute atomic E-state index is 0.00184. The number of aromatic nitrogens is 1. The van der Waals surface area contributed by atoms with Gasteiger partial charge in [0.1, 0.15) is 35.2 Å². The number of cyclic esters (lactones) is 1. The van der Waals surface area contributed by atoms with E-state index < -0.39 is 30.5 Å². The number of rotatable bonds is 10. The van der Waals surface area contributed by atoms with Gasteiger partial charge in [0.15, 0.2) is 18.4 Å². The van der Waals surface area contributed by atoms with Crippen LogP contribution in [0.3, 0.4) is 0 Å². The Balaban J connectivity index is 1.14. The average Bonchev–Trinajstić information content (AvgIpc) is 3.97. The predicted octanol–water partition coefficient (Wildman–Crippen LogP) is 7.40. The number of ether oxygens (including phenoxy) is 8. The van der Waals surface area contributed by atoms with Crippen molar-refractivity contribution in [2.24, 2.45) is 23.7 Å². The molecule has 0 bridgehead atoms. The molecule has 0 radical (unpaired) electrons. The van der Waals surface area contributed by atoms with Crippen molar-refractivity contribution in [2.75, 3.05) is 35.4 Å². The summed E-state index contributed by atoms with van der Waals surface area (Å²) in [5.41, 5.74) is 2.54. The number of allylic oxidation sites excluding steroid dienone is 2. The van der Waals surface area contributed by atoms with Gasteiger partial charge in [0.05, 0.1) is 36.5 Å². The lowest BCUT2D eigenvalue weighted by Gasteiger charge is -2.44. The molecule has 4 fully saturated rings. The number of likely N-dealkylation sites (N-methyl/N-ethyl adjacent to an activating group) is 1. The van der Waals surface area contributed by atoms with Gasteiger partial charge in [-0.25, -0.2) is 4.98 Å². The summed E-state index contributed by atoms with van der Waals surface area (Å²) in [5.74, 6) is -1.00. The lowest BCUT2D eigenvalue weighted by atomic mass is 9.67. The first-order valence-electron chi connectivity index (χ1n) is 23.0. The van der Waals surface area contributed by atoms with E-state index in [2.05, 4.69) is 38.9 Å². The highest BCUT2D eigenvalue weighted by Crippen LogP contribution is 2.63. The van der Waals surface area contributed by atoms with Gasteiger partial charge in [0, 0.05) is 61.5 Å². The van der Waals surface area contributed by atoms with Crippen molar-refractivity contribution in [3.63, 3.8) is 0 Å². The lowest BCUT2D eigenvalue weighted by molar-refractivity contribution is -0.314. The van der Waals surface area contributed by atoms with Crippen LogP contribution in [0.15, 0.2) is 35.9 Å². The second-order valence-electron chi connectivity index (χ2n) is 18.8. The molecule has 0 amide bonds. The van der Waals surface area contributed by atoms with Crippen LogP contribution in [0.4, 0.5) is 0 Å². The molecule has 4 heterocycles. The van der Waals surface area contributed by atoms with Gasteiger partial charge in [-0.3, -0.25) is 9.59 Å². The molecular formula is C48H68N2O11S. The molecule has 13 nitrogen and oxygen atoms in total. The number of benzene rings is 1. The number of esters is 1. The number of phenols is 1. The quantitative estimate of drug-likeness (QED) is 0.237. The van der Waals surface area contributed by atoms with Crippen LogP contribution in [0, 0.1) is 23.7 Å². The number of thiazole rings is 1. The average molecular weight is 881 g/mol. The summed E-state index contributed by atoms with van der Waals surface area (Å²) in [6, 6.07) is 7.44. The summed E-state index contributed by atoms with van der Waals surface area (Å²) >= 11 is 1.67. The van der Waals surface area contributed by atoms with E-state index in [9.17, 15) is 9.90 Å². The van der Waals surface area contributed by atoms with E-state index in [0.717, 1.165) is 48.4 Å². The Morgan fingerprint density at radius 1 is 0.871 bits per heavy atom. The van der Waals surface area contributed by atoms with Crippen LogP contribution in [-0.2, 0) is 47.5 Å². The maximum Gasteiger partial charge on any atom is 0.306 e. The third kappa shape index (κ3) is 8.94. The first-order chi connectivity index (χ1) is 29.8. The van der Waals surface area contributed by atoms with E-state index in [0.29, 0.717) is 30.9 Å². The number of fused-ring (bicyclic) bond motifs is 8. The Hall–Kier alpha value is -2.79. The monoisotopic (exact) mass is 880 g/mol. The summed E-state index contributed by atoms with van der Waals surface area (Å²) in [4.78, 5) is 38.0. The number of Topliss-reactive ketones (excluding diaryl/α,β-unsaturated/α-hetero) is 1. The molecule has 3 unspecified atom stereocenters. The summed E-state index contributed by atoms with van der Waals surface area (Å²) in [6.07, 6.45) is 4.95. The van der Waals surface area contributed by atoms with Crippen LogP contribution < -0.4 is 0 Å². The number of aromatic hydroxyl groups is 1.